The van der Waals surface area contributed by atoms with Crippen molar-refractivity contribution in [2.24, 2.45) is 5.92 Å². The third kappa shape index (κ3) is 2.78. The van der Waals surface area contributed by atoms with Crippen LogP contribution in [0.4, 0.5) is 0 Å². The summed E-state index contributed by atoms with van der Waals surface area (Å²) in [4.78, 5) is 11.9. The quantitative estimate of drug-likeness (QED) is 0.894. The molecule has 1 saturated carbocycles. The minimum atomic E-state index is -0.389. The number of hydrogen-bond acceptors (Lipinski definition) is 2. The van der Waals surface area contributed by atoms with Crippen LogP contribution in [0.2, 0.25) is 5.02 Å². The van der Waals surface area contributed by atoms with Crippen molar-refractivity contribution in [1.29, 1.82) is 5.26 Å². The van der Waals surface area contributed by atoms with Crippen LogP contribution < -0.4 is 5.32 Å². The molecule has 0 radical (unpaired) electrons. The lowest BCUT2D eigenvalue weighted by Gasteiger charge is -2.11. The number of amides is 1. The monoisotopic (exact) mass is 248 g/mol. The fourth-order valence-corrected chi connectivity index (χ4v) is 2.03. The Hall–Kier alpha value is -1.53. The fraction of sp³-hybridized carbons (Fsp3) is 0.385. The van der Waals surface area contributed by atoms with E-state index >= 15 is 0 Å². The van der Waals surface area contributed by atoms with Gasteiger partial charge in [-0.15, -0.1) is 0 Å². The average molecular weight is 249 g/mol. The molecule has 4 heteroatoms. The molecule has 1 aromatic carbocycles. The minimum Gasteiger partial charge on any atom is -0.336 e. The second kappa shape index (κ2) is 4.77. The number of rotatable bonds is 3. The highest BCUT2D eigenvalue weighted by molar-refractivity contribution is 6.33. The lowest BCUT2D eigenvalue weighted by molar-refractivity contribution is 0.0942. The Morgan fingerprint density at radius 2 is 2.29 bits per heavy atom. The zero-order valence-electron chi connectivity index (χ0n) is 9.53. The third-order valence-corrected chi connectivity index (χ3v) is 3.20. The van der Waals surface area contributed by atoms with Crippen LogP contribution in [0.5, 0.6) is 0 Å². The summed E-state index contributed by atoms with van der Waals surface area (Å²) in [6.45, 7) is 1.91. The van der Waals surface area contributed by atoms with Gasteiger partial charge >= 0.3 is 0 Å². The molecular weight excluding hydrogens is 236 g/mol. The van der Waals surface area contributed by atoms with Gasteiger partial charge in [0, 0.05) is 0 Å². The van der Waals surface area contributed by atoms with Crippen LogP contribution in [0.1, 0.15) is 28.8 Å². The molecule has 0 bridgehead atoms. The van der Waals surface area contributed by atoms with Crippen LogP contribution in [0, 0.1) is 24.2 Å². The van der Waals surface area contributed by atoms with Crippen LogP contribution in [0.25, 0.3) is 0 Å². The second-order valence-corrected chi connectivity index (χ2v) is 4.81. The first-order valence-electron chi connectivity index (χ1n) is 5.58. The molecule has 0 aromatic heterocycles. The summed E-state index contributed by atoms with van der Waals surface area (Å²) >= 11 is 6.00. The topological polar surface area (TPSA) is 52.9 Å². The van der Waals surface area contributed by atoms with E-state index in [0.29, 0.717) is 16.5 Å². The summed E-state index contributed by atoms with van der Waals surface area (Å²) in [5.41, 5.74) is 1.43. The summed E-state index contributed by atoms with van der Waals surface area (Å²) < 4.78 is 0. The molecule has 0 saturated heterocycles. The maximum absolute atomic E-state index is 11.9. The maximum Gasteiger partial charge on any atom is 0.253 e. The van der Waals surface area contributed by atoms with E-state index in [0.717, 1.165) is 18.4 Å². The molecule has 1 amide bonds. The number of hydrogen-bond donors (Lipinski definition) is 1. The molecule has 88 valence electrons. The molecule has 17 heavy (non-hydrogen) atoms. The Morgan fingerprint density at radius 1 is 1.59 bits per heavy atom. The molecule has 1 atom stereocenters. The molecule has 1 N–H and O–H groups in total. The van der Waals surface area contributed by atoms with Crippen LogP contribution in [-0.2, 0) is 0 Å². The van der Waals surface area contributed by atoms with E-state index in [9.17, 15) is 4.79 Å². The fourth-order valence-electron chi connectivity index (χ4n) is 1.71. The molecule has 0 heterocycles. The number of nitrogens with one attached hydrogen (secondary N) is 1. The molecule has 1 fully saturated rings. The van der Waals surface area contributed by atoms with E-state index in [2.05, 4.69) is 11.4 Å². The zero-order chi connectivity index (χ0) is 12.4. The Morgan fingerprint density at radius 3 is 2.82 bits per heavy atom. The van der Waals surface area contributed by atoms with Crippen LogP contribution in [-0.4, -0.2) is 11.9 Å². The predicted molar refractivity (Wildman–Crippen MR) is 65.8 cm³/mol. The molecule has 1 aromatic rings. The average Bonchev–Trinajstić information content (AvgIpc) is 3.09. The van der Waals surface area contributed by atoms with Crippen molar-refractivity contribution >= 4 is 17.5 Å². The highest BCUT2D eigenvalue weighted by Crippen LogP contribution is 2.32. The molecule has 1 aliphatic rings. The van der Waals surface area contributed by atoms with Gasteiger partial charge in [-0.1, -0.05) is 17.7 Å². The van der Waals surface area contributed by atoms with Gasteiger partial charge in [0.05, 0.1) is 16.7 Å². The largest absolute Gasteiger partial charge is 0.336 e. The highest BCUT2D eigenvalue weighted by Gasteiger charge is 2.32. The number of nitriles is 1. The molecule has 1 unspecified atom stereocenters. The van der Waals surface area contributed by atoms with Gasteiger partial charge in [0.1, 0.15) is 6.04 Å². The van der Waals surface area contributed by atoms with E-state index in [-0.39, 0.29) is 11.9 Å². The number of benzene rings is 1. The van der Waals surface area contributed by atoms with Gasteiger partial charge in [-0.05, 0) is 43.4 Å². The Labute approximate surface area is 105 Å². The van der Waals surface area contributed by atoms with E-state index in [1.165, 1.54) is 0 Å². The van der Waals surface area contributed by atoms with Crippen LogP contribution in [0.3, 0.4) is 0 Å². The molecule has 0 spiro atoms. The Bertz CT molecular complexity index is 489. The number of aryl methyl sites for hydroxylation is 1. The predicted octanol–water partition coefficient (Wildman–Crippen LogP) is 2.68. The lowest BCUT2D eigenvalue weighted by atomic mass is 10.1. The van der Waals surface area contributed by atoms with E-state index in [1.807, 2.05) is 13.0 Å². The molecule has 1 aliphatic carbocycles. The second-order valence-electron chi connectivity index (χ2n) is 4.40. The first-order valence-corrected chi connectivity index (χ1v) is 5.96. The maximum atomic E-state index is 11.9. The van der Waals surface area contributed by atoms with Gasteiger partial charge in [-0.25, -0.2) is 0 Å². The Balaban J connectivity index is 2.11. The zero-order valence-corrected chi connectivity index (χ0v) is 10.3. The van der Waals surface area contributed by atoms with Crippen molar-refractivity contribution < 1.29 is 4.79 Å². The number of halogens is 1. The standard InChI is InChI=1S/C13H13ClN2O/c1-8-2-5-10(11(14)6-8)13(17)16-12(7-15)9-3-4-9/h2,5-6,9,12H,3-4H2,1H3,(H,16,17). The van der Waals surface area contributed by atoms with Crippen molar-refractivity contribution in [3.05, 3.63) is 34.3 Å². The minimum absolute atomic E-state index is 0.270. The summed E-state index contributed by atoms with van der Waals surface area (Å²) in [5, 5.41) is 12.1. The van der Waals surface area contributed by atoms with Crippen molar-refractivity contribution in [2.75, 3.05) is 0 Å². The molecule has 3 nitrogen and oxygen atoms in total. The SMILES string of the molecule is Cc1ccc(C(=O)NC(C#N)C2CC2)c(Cl)c1. The van der Waals surface area contributed by atoms with Gasteiger partial charge < -0.3 is 5.32 Å². The first kappa shape index (κ1) is 11.9. The summed E-state index contributed by atoms with van der Waals surface area (Å²) in [6, 6.07) is 7.00. The van der Waals surface area contributed by atoms with Crippen LogP contribution in [0.15, 0.2) is 18.2 Å². The van der Waals surface area contributed by atoms with Crippen molar-refractivity contribution in [2.45, 2.75) is 25.8 Å². The van der Waals surface area contributed by atoms with E-state index in [4.69, 9.17) is 16.9 Å². The summed E-state index contributed by atoms with van der Waals surface area (Å²) in [6.07, 6.45) is 2.03. The smallest absolute Gasteiger partial charge is 0.253 e. The van der Waals surface area contributed by atoms with Gasteiger partial charge in [-0.3, -0.25) is 4.79 Å². The molecule has 0 aliphatic heterocycles. The number of nitrogens with zero attached hydrogens (tertiary/aromatic N) is 1. The van der Waals surface area contributed by atoms with Gasteiger partial charge in [0.25, 0.3) is 5.91 Å². The van der Waals surface area contributed by atoms with Gasteiger partial charge in [-0.2, -0.15) is 5.26 Å². The third-order valence-electron chi connectivity index (χ3n) is 2.89. The van der Waals surface area contributed by atoms with Crippen molar-refractivity contribution in [3.63, 3.8) is 0 Å². The van der Waals surface area contributed by atoms with Gasteiger partial charge in [0.15, 0.2) is 0 Å². The molecular formula is C13H13ClN2O. The highest BCUT2D eigenvalue weighted by atomic mass is 35.5. The van der Waals surface area contributed by atoms with Gasteiger partial charge in [0.2, 0.25) is 0 Å². The van der Waals surface area contributed by atoms with Crippen LogP contribution >= 0.6 is 11.6 Å². The normalized spacial score (nSPS) is 16.1. The van der Waals surface area contributed by atoms with Crippen molar-refractivity contribution in [1.82, 2.24) is 5.32 Å². The molecule has 2 rings (SSSR count). The first-order chi connectivity index (χ1) is 8.11. The summed E-state index contributed by atoms with van der Waals surface area (Å²) in [5.74, 6) is 0.0432. The number of carbonyl (C=O) groups excluding carboxylic acids is 1. The van der Waals surface area contributed by atoms with E-state index in [1.54, 1.807) is 12.1 Å². The summed E-state index contributed by atoms with van der Waals surface area (Å²) in [7, 11) is 0. The lowest BCUT2D eigenvalue weighted by Crippen LogP contribution is -2.35. The van der Waals surface area contributed by atoms with E-state index < -0.39 is 0 Å². The number of carbonyl (C=O) groups is 1. The Kier molecular flexibility index (Phi) is 3.35. The van der Waals surface area contributed by atoms with Crippen molar-refractivity contribution in [3.8, 4) is 6.07 Å².